The van der Waals surface area contributed by atoms with Crippen LogP contribution in [0.3, 0.4) is 0 Å². The average Bonchev–Trinajstić information content (AvgIpc) is 3.04. The minimum atomic E-state index is 0.432. The van der Waals surface area contributed by atoms with Gasteiger partial charge in [0.1, 0.15) is 6.33 Å². The van der Waals surface area contributed by atoms with Crippen LogP contribution in [0.2, 0.25) is 0 Å². The number of aromatic nitrogens is 5. The maximum absolute atomic E-state index is 4.50. The average molecular weight is 287 g/mol. The lowest BCUT2D eigenvalue weighted by Crippen LogP contribution is -2.31. The van der Waals surface area contributed by atoms with Crippen LogP contribution < -0.4 is 10.6 Å². The number of imidazole rings is 1. The minimum absolute atomic E-state index is 0.432. The Morgan fingerprint density at radius 3 is 2.67 bits per heavy atom. The smallest absolute Gasteiger partial charge is 0.241 e. The van der Waals surface area contributed by atoms with Crippen LogP contribution in [0.4, 0.5) is 11.9 Å². The van der Waals surface area contributed by atoms with E-state index >= 15 is 0 Å². The summed E-state index contributed by atoms with van der Waals surface area (Å²) in [7, 11) is 1.81. The molecule has 3 rings (SSSR count). The molecule has 2 N–H and O–H groups in total. The molecule has 112 valence electrons. The maximum Gasteiger partial charge on any atom is 0.241 e. The molecule has 1 aliphatic carbocycles. The molecule has 2 unspecified atom stereocenters. The molecule has 0 radical (unpaired) electrons. The first-order valence-corrected chi connectivity index (χ1v) is 7.45. The quantitative estimate of drug-likeness (QED) is 0.896. The zero-order chi connectivity index (χ0) is 14.7. The molecule has 0 bridgehead atoms. The summed E-state index contributed by atoms with van der Waals surface area (Å²) in [5, 5.41) is 6.45. The lowest BCUT2D eigenvalue weighted by molar-refractivity contribution is 0.348. The number of rotatable bonds is 4. The van der Waals surface area contributed by atoms with Crippen LogP contribution in [0.25, 0.3) is 5.95 Å². The van der Waals surface area contributed by atoms with Crippen molar-refractivity contribution in [2.24, 2.45) is 5.92 Å². The van der Waals surface area contributed by atoms with Gasteiger partial charge in [-0.3, -0.25) is 4.57 Å². The van der Waals surface area contributed by atoms with Crippen LogP contribution in [0.15, 0.2) is 18.7 Å². The molecule has 0 aromatic carbocycles. The van der Waals surface area contributed by atoms with Crippen molar-refractivity contribution < 1.29 is 0 Å². The van der Waals surface area contributed by atoms with E-state index in [9.17, 15) is 0 Å². The topological polar surface area (TPSA) is 80.5 Å². The van der Waals surface area contributed by atoms with Crippen molar-refractivity contribution in [3.8, 4) is 5.95 Å². The third-order valence-electron chi connectivity index (χ3n) is 4.01. The van der Waals surface area contributed by atoms with E-state index in [1.54, 1.807) is 24.1 Å². The SMILES string of the molecule is CNc1nc(NC2CCCCC2C)nc(-n2ccnc2)n1. The fourth-order valence-electron chi connectivity index (χ4n) is 2.73. The van der Waals surface area contributed by atoms with Crippen LogP contribution >= 0.6 is 0 Å². The largest absolute Gasteiger partial charge is 0.357 e. The van der Waals surface area contributed by atoms with Crippen molar-refractivity contribution in [2.45, 2.75) is 38.6 Å². The summed E-state index contributed by atoms with van der Waals surface area (Å²) in [4.78, 5) is 17.3. The molecule has 1 saturated carbocycles. The zero-order valence-electron chi connectivity index (χ0n) is 12.5. The number of hydrogen-bond donors (Lipinski definition) is 2. The molecule has 2 heterocycles. The first-order chi connectivity index (χ1) is 10.3. The number of nitrogens with one attached hydrogen (secondary N) is 2. The predicted octanol–water partition coefficient (Wildman–Crippen LogP) is 2.09. The van der Waals surface area contributed by atoms with E-state index in [-0.39, 0.29) is 0 Å². The van der Waals surface area contributed by atoms with E-state index in [4.69, 9.17) is 0 Å². The van der Waals surface area contributed by atoms with Crippen molar-refractivity contribution in [3.05, 3.63) is 18.7 Å². The zero-order valence-corrected chi connectivity index (χ0v) is 12.5. The Balaban J connectivity index is 1.85. The molecule has 2 aromatic rings. The Kier molecular flexibility index (Phi) is 3.98. The maximum atomic E-state index is 4.50. The van der Waals surface area contributed by atoms with Gasteiger partial charge in [0.25, 0.3) is 0 Å². The first-order valence-electron chi connectivity index (χ1n) is 7.45. The normalized spacial score (nSPS) is 22.0. The van der Waals surface area contributed by atoms with E-state index in [1.165, 1.54) is 25.7 Å². The van der Waals surface area contributed by atoms with Gasteiger partial charge in [-0.1, -0.05) is 19.8 Å². The molecule has 0 saturated heterocycles. The fourth-order valence-corrected chi connectivity index (χ4v) is 2.73. The Labute approximate surface area is 124 Å². The second kappa shape index (κ2) is 6.07. The Hall–Kier alpha value is -2.18. The molecule has 1 aliphatic rings. The lowest BCUT2D eigenvalue weighted by Gasteiger charge is -2.29. The van der Waals surface area contributed by atoms with Crippen molar-refractivity contribution in [2.75, 3.05) is 17.7 Å². The first kappa shape index (κ1) is 13.8. The summed E-state index contributed by atoms with van der Waals surface area (Å²) in [6.45, 7) is 2.29. The van der Waals surface area contributed by atoms with Gasteiger partial charge in [-0.15, -0.1) is 0 Å². The monoisotopic (exact) mass is 287 g/mol. The van der Waals surface area contributed by atoms with Crippen LogP contribution in [-0.2, 0) is 0 Å². The van der Waals surface area contributed by atoms with Crippen LogP contribution in [0, 0.1) is 5.92 Å². The van der Waals surface area contributed by atoms with E-state index in [0.717, 1.165) is 0 Å². The number of nitrogens with zero attached hydrogens (tertiary/aromatic N) is 5. The summed E-state index contributed by atoms with van der Waals surface area (Å²) in [5.41, 5.74) is 0. The molecular weight excluding hydrogens is 266 g/mol. The molecule has 7 heteroatoms. The standard InChI is InChI=1S/C14H21N7/c1-10-5-3-4-6-11(10)17-13-18-12(15-2)19-14(20-13)21-8-7-16-9-21/h7-11H,3-6H2,1-2H3,(H2,15,17,18,19,20). The Morgan fingerprint density at radius 1 is 1.14 bits per heavy atom. The highest BCUT2D eigenvalue weighted by atomic mass is 15.3. The predicted molar refractivity (Wildman–Crippen MR) is 81.5 cm³/mol. The molecule has 2 aromatic heterocycles. The highest BCUT2D eigenvalue weighted by Gasteiger charge is 2.22. The van der Waals surface area contributed by atoms with Gasteiger partial charge in [0.2, 0.25) is 17.8 Å². The molecule has 21 heavy (non-hydrogen) atoms. The van der Waals surface area contributed by atoms with E-state index in [2.05, 4.69) is 37.5 Å². The minimum Gasteiger partial charge on any atom is -0.357 e. The Bertz CT molecular complexity index is 581. The summed E-state index contributed by atoms with van der Waals surface area (Å²) in [6.07, 6.45) is 10.2. The summed E-state index contributed by atoms with van der Waals surface area (Å²) in [6, 6.07) is 0.432. The van der Waals surface area contributed by atoms with E-state index in [0.29, 0.717) is 29.8 Å². The van der Waals surface area contributed by atoms with Crippen LogP contribution in [-0.4, -0.2) is 37.6 Å². The molecule has 0 spiro atoms. The second-order valence-electron chi connectivity index (χ2n) is 5.52. The molecule has 7 nitrogen and oxygen atoms in total. The van der Waals surface area contributed by atoms with Gasteiger partial charge >= 0.3 is 0 Å². The van der Waals surface area contributed by atoms with E-state index < -0.39 is 0 Å². The van der Waals surface area contributed by atoms with Crippen molar-refractivity contribution >= 4 is 11.9 Å². The van der Waals surface area contributed by atoms with Gasteiger partial charge in [0.05, 0.1) is 0 Å². The van der Waals surface area contributed by atoms with Gasteiger partial charge in [-0.25, -0.2) is 4.98 Å². The summed E-state index contributed by atoms with van der Waals surface area (Å²) in [5.74, 6) is 2.39. The number of anilines is 2. The van der Waals surface area contributed by atoms with Crippen molar-refractivity contribution in [1.29, 1.82) is 0 Å². The summed E-state index contributed by atoms with van der Waals surface area (Å²) < 4.78 is 1.78. The Morgan fingerprint density at radius 2 is 1.95 bits per heavy atom. The van der Waals surface area contributed by atoms with Crippen LogP contribution in [0.1, 0.15) is 32.6 Å². The van der Waals surface area contributed by atoms with Gasteiger partial charge in [-0.2, -0.15) is 15.0 Å². The molecule has 2 atom stereocenters. The van der Waals surface area contributed by atoms with Crippen LogP contribution in [0.5, 0.6) is 0 Å². The molecule has 1 fully saturated rings. The molecule has 0 aliphatic heterocycles. The van der Waals surface area contributed by atoms with Crippen molar-refractivity contribution in [3.63, 3.8) is 0 Å². The highest BCUT2D eigenvalue weighted by Crippen LogP contribution is 2.26. The van der Waals surface area contributed by atoms with Gasteiger partial charge < -0.3 is 10.6 Å². The third kappa shape index (κ3) is 3.12. The van der Waals surface area contributed by atoms with Gasteiger partial charge in [-0.05, 0) is 18.8 Å². The summed E-state index contributed by atoms with van der Waals surface area (Å²) >= 11 is 0. The number of hydrogen-bond acceptors (Lipinski definition) is 6. The van der Waals surface area contributed by atoms with Gasteiger partial charge in [0.15, 0.2) is 0 Å². The third-order valence-corrected chi connectivity index (χ3v) is 4.01. The van der Waals surface area contributed by atoms with Crippen molar-refractivity contribution in [1.82, 2.24) is 24.5 Å². The highest BCUT2D eigenvalue weighted by molar-refractivity contribution is 5.38. The molecular formula is C14H21N7. The van der Waals surface area contributed by atoms with E-state index in [1.807, 2.05) is 6.20 Å². The lowest BCUT2D eigenvalue weighted by atomic mass is 9.86. The van der Waals surface area contributed by atoms with Gasteiger partial charge in [0, 0.05) is 25.5 Å². The molecule has 0 amide bonds. The second-order valence-corrected chi connectivity index (χ2v) is 5.52. The fraction of sp³-hybridized carbons (Fsp3) is 0.571.